The largest absolute Gasteiger partial charge is 0.360 e. The highest BCUT2D eigenvalue weighted by molar-refractivity contribution is 8.13. The number of thioether (sulfide) groups is 1. The van der Waals surface area contributed by atoms with E-state index >= 15 is 0 Å². The number of hydrogen-bond acceptors (Lipinski definition) is 4. The molecular formula is C11H19N5S. The second kappa shape index (κ2) is 5.53. The molecule has 0 aliphatic carbocycles. The number of amidine groups is 1. The van der Waals surface area contributed by atoms with Crippen molar-refractivity contribution in [2.45, 2.75) is 38.8 Å². The molecule has 1 aromatic heterocycles. The maximum absolute atomic E-state index is 4.58. The molecule has 1 N–H and O–H groups in total. The van der Waals surface area contributed by atoms with Gasteiger partial charge in [0.25, 0.3) is 0 Å². The van der Waals surface area contributed by atoms with E-state index in [2.05, 4.69) is 34.5 Å². The quantitative estimate of drug-likeness (QED) is 0.884. The highest BCUT2D eigenvalue weighted by Crippen LogP contribution is 2.24. The number of nitrogens with one attached hydrogen (secondary N) is 1. The molecule has 6 heteroatoms. The normalized spacial score (nSPS) is 27.1. The lowest BCUT2D eigenvalue weighted by Crippen LogP contribution is -2.48. The first-order valence-corrected chi connectivity index (χ1v) is 7.00. The van der Waals surface area contributed by atoms with E-state index in [4.69, 9.17) is 0 Å². The molecule has 1 aromatic rings. The first-order chi connectivity index (χ1) is 8.22. The fraction of sp³-hybridized carbons (Fsp3) is 0.727. The van der Waals surface area contributed by atoms with Gasteiger partial charge in [-0.15, -0.1) is 5.10 Å². The molecule has 2 heterocycles. The van der Waals surface area contributed by atoms with Crippen molar-refractivity contribution in [3.05, 3.63) is 12.4 Å². The first kappa shape index (κ1) is 12.4. The van der Waals surface area contributed by atoms with E-state index in [9.17, 15) is 0 Å². The third-order valence-electron chi connectivity index (χ3n) is 3.14. The lowest BCUT2D eigenvalue weighted by Gasteiger charge is -2.35. The van der Waals surface area contributed by atoms with Gasteiger partial charge in [-0.2, -0.15) is 0 Å². The minimum atomic E-state index is 0.220. The predicted molar refractivity (Wildman–Crippen MR) is 71.2 cm³/mol. The van der Waals surface area contributed by atoms with Crippen LogP contribution < -0.4 is 5.32 Å². The molecule has 1 aliphatic heterocycles. The van der Waals surface area contributed by atoms with Crippen LogP contribution in [-0.2, 0) is 6.54 Å². The van der Waals surface area contributed by atoms with E-state index in [1.807, 2.05) is 18.0 Å². The maximum atomic E-state index is 4.58. The standard InChI is InChI=1S/C11H19N5S/c1-3-11(2)4-9-17-10(14-11)12-5-7-16-8-6-13-15-16/h6,8H,3-5,7,9H2,1-2H3,(H,12,14). The molecule has 1 fully saturated rings. The smallest absolute Gasteiger partial charge is 0.157 e. The molecule has 0 amide bonds. The summed E-state index contributed by atoms with van der Waals surface area (Å²) in [6.07, 6.45) is 5.89. The molecule has 17 heavy (non-hydrogen) atoms. The van der Waals surface area contributed by atoms with Crippen LogP contribution in [0.1, 0.15) is 26.7 Å². The van der Waals surface area contributed by atoms with Gasteiger partial charge < -0.3 is 5.32 Å². The Morgan fingerprint density at radius 3 is 3.24 bits per heavy atom. The van der Waals surface area contributed by atoms with Gasteiger partial charge in [-0.1, -0.05) is 23.9 Å². The Morgan fingerprint density at radius 1 is 1.65 bits per heavy atom. The summed E-state index contributed by atoms with van der Waals surface area (Å²) in [5.74, 6) is 1.15. The highest BCUT2D eigenvalue weighted by Gasteiger charge is 2.27. The number of nitrogens with zero attached hydrogens (tertiary/aromatic N) is 4. The molecule has 94 valence electrons. The van der Waals surface area contributed by atoms with Crippen LogP contribution in [0.2, 0.25) is 0 Å². The van der Waals surface area contributed by atoms with Gasteiger partial charge in [-0.3, -0.25) is 9.67 Å². The van der Waals surface area contributed by atoms with E-state index in [0.717, 1.165) is 30.4 Å². The van der Waals surface area contributed by atoms with Crippen LogP contribution in [0.5, 0.6) is 0 Å². The third-order valence-corrected chi connectivity index (χ3v) is 4.05. The van der Waals surface area contributed by atoms with Crippen LogP contribution in [0.15, 0.2) is 17.4 Å². The summed E-state index contributed by atoms with van der Waals surface area (Å²) in [6.45, 7) is 6.02. The van der Waals surface area contributed by atoms with Gasteiger partial charge in [0.2, 0.25) is 0 Å². The lowest BCUT2D eigenvalue weighted by molar-refractivity contribution is 0.389. The minimum absolute atomic E-state index is 0.220. The summed E-state index contributed by atoms with van der Waals surface area (Å²) in [4.78, 5) is 4.58. The molecule has 0 aromatic carbocycles. The van der Waals surface area contributed by atoms with Gasteiger partial charge >= 0.3 is 0 Å². The summed E-state index contributed by atoms with van der Waals surface area (Å²) < 4.78 is 1.80. The predicted octanol–water partition coefficient (Wildman–Crippen LogP) is 1.53. The summed E-state index contributed by atoms with van der Waals surface area (Å²) in [6, 6.07) is 0. The van der Waals surface area contributed by atoms with Crippen molar-refractivity contribution in [2.24, 2.45) is 4.99 Å². The van der Waals surface area contributed by atoms with Crippen molar-refractivity contribution in [1.82, 2.24) is 20.3 Å². The second-order valence-corrected chi connectivity index (χ2v) is 5.57. The number of aliphatic imine (C=N–C) groups is 1. The Bertz CT molecular complexity index is 375. The molecule has 1 unspecified atom stereocenters. The van der Waals surface area contributed by atoms with Gasteiger partial charge in [0, 0.05) is 17.5 Å². The topological polar surface area (TPSA) is 55.1 Å². The van der Waals surface area contributed by atoms with E-state index in [-0.39, 0.29) is 5.54 Å². The highest BCUT2D eigenvalue weighted by atomic mass is 32.2. The molecular weight excluding hydrogens is 234 g/mol. The molecule has 5 nitrogen and oxygen atoms in total. The van der Waals surface area contributed by atoms with Crippen molar-refractivity contribution < 1.29 is 0 Å². The number of aromatic nitrogens is 3. The van der Waals surface area contributed by atoms with Crippen molar-refractivity contribution in [3.8, 4) is 0 Å². The Balaban J connectivity index is 1.85. The minimum Gasteiger partial charge on any atom is -0.360 e. The number of rotatable bonds is 4. The Labute approximate surface area is 106 Å². The Morgan fingerprint density at radius 2 is 2.53 bits per heavy atom. The first-order valence-electron chi connectivity index (χ1n) is 6.01. The number of hydrogen-bond donors (Lipinski definition) is 1. The zero-order chi connectivity index (χ0) is 12.1. The summed E-state index contributed by atoms with van der Waals surface area (Å²) in [7, 11) is 0. The summed E-state index contributed by atoms with van der Waals surface area (Å²) in [5, 5.41) is 12.3. The zero-order valence-corrected chi connectivity index (χ0v) is 11.2. The second-order valence-electron chi connectivity index (χ2n) is 4.49. The lowest BCUT2D eigenvalue weighted by atomic mass is 9.96. The zero-order valence-electron chi connectivity index (χ0n) is 10.4. The van der Waals surface area contributed by atoms with Crippen LogP contribution >= 0.6 is 11.8 Å². The van der Waals surface area contributed by atoms with E-state index in [1.54, 1.807) is 10.9 Å². The fourth-order valence-corrected chi connectivity index (χ4v) is 2.93. The third kappa shape index (κ3) is 3.46. The van der Waals surface area contributed by atoms with Gasteiger partial charge in [0.15, 0.2) is 5.17 Å². The van der Waals surface area contributed by atoms with Gasteiger partial charge in [0.05, 0.1) is 19.3 Å². The van der Waals surface area contributed by atoms with Crippen molar-refractivity contribution in [2.75, 3.05) is 12.3 Å². The SMILES string of the molecule is CCC1(C)CCSC(=NCCn2ccnn2)N1. The molecule has 2 rings (SSSR count). The van der Waals surface area contributed by atoms with E-state index in [0.29, 0.717) is 0 Å². The van der Waals surface area contributed by atoms with Crippen LogP contribution in [0.4, 0.5) is 0 Å². The van der Waals surface area contributed by atoms with E-state index < -0.39 is 0 Å². The van der Waals surface area contributed by atoms with Gasteiger partial charge in [-0.05, 0) is 19.8 Å². The molecule has 0 radical (unpaired) electrons. The van der Waals surface area contributed by atoms with E-state index in [1.165, 1.54) is 6.42 Å². The van der Waals surface area contributed by atoms with Crippen molar-refractivity contribution in [1.29, 1.82) is 0 Å². The van der Waals surface area contributed by atoms with Crippen LogP contribution in [0.25, 0.3) is 0 Å². The van der Waals surface area contributed by atoms with Gasteiger partial charge in [0.1, 0.15) is 0 Å². The van der Waals surface area contributed by atoms with Gasteiger partial charge in [-0.25, -0.2) is 0 Å². The van der Waals surface area contributed by atoms with Crippen molar-refractivity contribution >= 4 is 16.9 Å². The summed E-state index contributed by atoms with van der Waals surface area (Å²) in [5.41, 5.74) is 0.220. The molecule has 1 aliphatic rings. The van der Waals surface area contributed by atoms with Crippen LogP contribution in [0.3, 0.4) is 0 Å². The average molecular weight is 253 g/mol. The van der Waals surface area contributed by atoms with Crippen LogP contribution in [0, 0.1) is 0 Å². The monoisotopic (exact) mass is 253 g/mol. The molecule has 0 bridgehead atoms. The average Bonchev–Trinajstić information content (AvgIpc) is 2.82. The fourth-order valence-electron chi connectivity index (χ4n) is 1.69. The Kier molecular flexibility index (Phi) is 4.04. The maximum Gasteiger partial charge on any atom is 0.157 e. The molecule has 0 spiro atoms. The summed E-state index contributed by atoms with van der Waals surface area (Å²) >= 11 is 1.81. The molecule has 0 saturated carbocycles. The molecule has 1 saturated heterocycles. The Hall–Kier alpha value is -1.04. The van der Waals surface area contributed by atoms with Crippen LogP contribution in [-0.4, -0.2) is 38.0 Å². The van der Waals surface area contributed by atoms with Crippen molar-refractivity contribution in [3.63, 3.8) is 0 Å². The molecule has 1 atom stereocenters.